The summed E-state index contributed by atoms with van der Waals surface area (Å²) >= 11 is 1.97. The highest BCUT2D eigenvalue weighted by Crippen LogP contribution is 2.46. The Morgan fingerprint density at radius 3 is 2.87 bits per heavy atom. The normalized spacial score (nSPS) is 26.4. The lowest BCUT2D eigenvalue weighted by Gasteiger charge is -2.49. The fourth-order valence-electron chi connectivity index (χ4n) is 5.22. The highest BCUT2D eigenvalue weighted by atomic mass is 35.5. The van der Waals surface area contributed by atoms with Crippen molar-refractivity contribution >= 4 is 35.5 Å². The van der Waals surface area contributed by atoms with Gasteiger partial charge in [0.2, 0.25) is 11.5 Å². The SMILES string of the molecule is CCc1cc2c(s1)CCO[C@@]21CCN(CC2CN(C(=O)c3nonc3N)C2)[C@@H](C)C1.Cl. The summed E-state index contributed by atoms with van der Waals surface area (Å²) in [5.74, 6) is 0.343. The van der Waals surface area contributed by atoms with E-state index in [9.17, 15) is 4.79 Å². The van der Waals surface area contributed by atoms with Crippen molar-refractivity contribution in [3.05, 3.63) is 27.1 Å². The first-order valence-electron chi connectivity index (χ1n) is 10.9. The maximum Gasteiger partial charge on any atom is 0.280 e. The lowest BCUT2D eigenvalue weighted by atomic mass is 9.79. The number of carbonyl (C=O) groups excluding carboxylic acids is 1. The molecule has 2 atom stereocenters. The van der Waals surface area contributed by atoms with E-state index >= 15 is 0 Å². The molecule has 0 aliphatic carbocycles. The van der Waals surface area contributed by atoms with Gasteiger partial charge in [-0.05, 0) is 48.1 Å². The summed E-state index contributed by atoms with van der Waals surface area (Å²) in [5, 5.41) is 7.11. The lowest BCUT2D eigenvalue weighted by molar-refractivity contribution is -0.114. The van der Waals surface area contributed by atoms with Gasteiger partial charge in [0.1, 0.15) is 0 Å². The largest absolute Gasteiger partial charge is 0.379 e. The van der Waals surface area contributed by atoms with Crippen LogP contribution in [0.4, 0.5) is 5.82 Å². The molecule has 10 heteroatoms. The molecule has 3 aliphatic heterocycles. The molecular weight excluding hydrogens is 438 g/mol. The van der Waals surface area contributed by atoms with Crippen molar-refractivity contribution in [2.45, 2.75) is 51.2 Å². The number of likely N-dealkylation sites (tertiary alicyclic amines) is 2. The second kappa shape index (κ2) is 8.69. The Balaban J connectivity index is 0.00000231. The number of thiophene rings is 1. The van der Waals surface area contributed by atoms with Gasteiger partial charge in [0, 0.05) is 54.3 Å². The Labute approximate surface area is 192 Å². The minimum absolute atomic E-state index is 0. The number of aromatic nitrogens is 2. The van der Waals surface area contributed by atoms with E-state index in [1.54, 1.807) is 4.90 Å². The lowest BCUT2D eigenvalue weighted by Crippen LogP contribution is -2.57. The summed E-state index contributed by atoms with van der Waals surface area (Å²) in [4.78, 5) is 19.8. The van der Waals surface area contributed by atoms with Crippen LogP contribution >= 0.6 is 23.7 Å². The molecule has 0 saturated carbocycles. The van der Waals surface area contributed by atoms with E-state index in [0.717, 1.165) is 58.5 Å². The van der Waals surface area contributed by atoms with Crippen LogP contribution in [0.1, 0.15) is 52.5 Å². The molecule has 2 N–H and O–H groups in total. The second-order valence-corrected chi connectivity index (χ2v) is 10.1. The Kier molecular flexibility index (Phi) is 6.31. The van der Waals surface area contributed by atoms with Crippen molar-refractivity contribution in [1.82, 2.24) is 20.1 Å². The van der Waals surface area contributed by atoms with Gasteiger partial charge in [-0.25, -0.2) is 4.63 Å². The van der Waals surface area contributed by atoms with Gasteiger partial charge in [-0.3, -0.25) is 4.79 Å². The molecule has 2 aromatic rings. The Hall–Kier alpha value is -1.68. The van der Waals surface area contributed by atoms with Crippen molar-refractivity contribution in [1.29, 1.82) is 0 Å². The Morgan fingerprint density at radius 2 is 2.19 bits per heavy atom. The van der Waals surface area contributed by atoms with Gasteiger partial charge in [-0.2, -0.15) is 0 Å². The van der Waals surface area contributed by atoms with Gasteiger partial charge < -0.3 is 20.3 Å². The quantitative estimate of drug-likeness (QED) is 0.738. The molecule has 5 heterocycles. The minimum Gasteiger partial charge on any atom is -0.379 e. The number of carbonyl (C=O) groups is 1. The number of amides is 1. The third kappa shape index (κ3) is 3.97. The van der Waals surface area contributed by atoms with Crippen LogP contribution < -0.4 is 5.73 Å². The minimum atomic E-state index is -0.192. The van der Waals surface area contributed by atoms with Crippen LogP contribution in [0.5, 0.6) is 0 Å². The molecule has 31 heavy (non-hydrogen) atoms. The zero-order valence-electron chi connectivity index (χ0n) is 18.0. The number of nitrogens with zero attached hydrogens (tertiary/aromatic N) is 4. The third-order valence-corrected chi connectivity index (χ3v) is 8.25. The summed E-state index contributed by atoms with van der Waals surface area (Å²) in [6.07, 6.45) is 4.23. The molecule has 1 spiro atoms. The zero-order valence-corrected chi connectivity index (χ0v) is 19.6. The zero-order chi connectivity index (χ0) is 20.9. The van der Waals surface area contributed by atoms with E-state index in [4.69, 9.17) is 10.5 Å². The van der Waals surface area contributed by atoms with Crippen molar-refractivity contribution in [3.8, 4) is 0 Å². The number of piperidine rings is 1. The number of anilines is 1. The van der Waals surface area contributed by atoms with Crippen LogP contribution in [0, 0.1) is 5.92 Å². The number of fused-ring (bicyclic) bond motifs is 2. The summed E-state index contributed by atoms with van der Waals surface area (Å²) in [5.41, 5.74) is 7.11. The average Bonchev–Trinajstić information content (AvgIpc) is 3.32. The van der Waals surface area contributed by atoms with E-state index in [1.807, 2.05) is 11.3 Å². The average molecular weight is 468 g/mol. The Bertz CT molecular complexity index is 943. The van der Waals surface area contributed by atoms with Gasteiger partial charge in [-0.15, -0.1) is 23.7 Å². The number of nitrogens with two attached hydrogens (primary N) is 1. The molecule has 2 fully saturated rings. The van der Waals surface area contributed by atoms with Crippen molar-refractivity contribution < 1.29 is 14.2 Å². The summed E-state index contributed by atoms with van der Waals surface area (Å²) in [6.45, 7) is 8.87. The monoisotopic (exact) mass is 467 g/mol. The summed E-state index contributed by atoms with van der Waals surface area (Å²) < 4.78 is 11.0. The Morgan fingerprint density at radius 1 is 1.39 bits per heavy atom. The third-order valence-electron chi connectivity index (χ3n) is 6.91. The topological polar surface area (TPSA) is 97.7 Å². The number of rotatable bonds is 4. The number of hydrogen-bond donors (Lipinski definition) is 1. The standard InChI is InChI=1S/C21H29N5O3S.ClH/c1-3-15-8-16-17(30-15)4-7-28-21(16)5-6-25(13(2)9-21)10-14-11-26(12-14)20(27)18-19(22)24-29-23-18;/h8,13-14H,3-7,9-12H2,1-2H3,(H2,22,24);1H/t13-,21+;/m0./s1. The number of halogens is 1. The maximum atomic E-state index is 12.4. The predicted octanol–water partition coefficient (Wildman–Crippen LogP) is 2.72. The number of hydrogen-bond acceptors (Lipinski definition) is 8. The smallest absolute Gasteiger partial charge is 0.280 e. The van der Waals surface area contributed by atoms with E-state index in [1.165, 1.54) is 15.3 Å². The molecule has 170 valence electrons. The summed E-state index contributed by atoms with van der Waals surface area (Å²) in [6, 6.07) is 2.86. The molecule has 0 unspecified atom stereocenters. The molecule has 0 bridgehead atoms. The van der Waals surface area contributed by atoms with E-state index < -0.39 is 0 Å². The van der Waals surface area contributed by atoms with Crippen LogP contribution in [0.2, 0.25) is 0 Å². The molecule has 8 nitrogen and oxygen atoms in total. The van der Waals surface area contributed by atoms with E-state index in [0.29, 0.717) is 12.0 Å². The maximum absolute atomic E-state index is 12.4. The molecule has 2 aromatic heterocycles. The van der Waals surface area contributed by atoms with Crippen LogP contribution in [0.3, 0.4) is 0 Å². The molecule has 0 radical (unpaired) electrons. The van der Waals surface area contributed by atoms with Gasteiger partial charge in [0.15, 0.2) is 0 Å². The molecule has 0 aromatic carbocycles. The van der Waals surface area contributed by atoms with Crippen molar-refractivity contribution in [2.24, 2.45) is 5.92 Å². The first-order chi connectivity index (χ1) is 14.5. The van der Waals surface area contributed by atoms with Gasteiger partial charge in [-0.1, -0.05) is 6.92 Å². The fourth-order valence-corrected chi connectivity index (χ4v) is 6.40. The second-order valence-electron chi connectivity index (χ2n) is 8.87. The first kappa shape index (κ1) is 22.5. The van der Waals surface area contributed by atoms with Crippen LogP contribution in [0.25, 0.3) is 0 Å². The highest BCUT2D eigenvalue weighted by molar-refractivity contribution is 7.12. The van der Waals surface area contributed by atoms with Gasteiger partial charge in [0.05, 0.1) is 12.2 Å². The van der Waals surface area contributed by atoms with Crippen LogP contribution in [0.15, 0.2) is 10.7 Å². The van der Waals surface area contributed by atoms with Crippen LogP contribution in [-0.4, -0.2) is 64.8 Å². The molecule has 5 rings (SSSR count). The first-order valence-corrected chi connectivity index (χ1v) is 11.7. The molecule has 2 saturated heterocycles. The molecule has 1 amide bonds. The van der Waals surface area contributed by atoms with Gasteiger partial charge >= 0.3 is 0 Å². The molecular formula is C21H30ClN5O3S. The fraction of sp³-hybridized carbons (Fsp3) is 0.667. The predicted molar refractivity (Wildman–Crippen MR) is 121 cm³/mol. The molecule has 3 aliphatic rings. The highest BCUT2D eigenvalue weighted by Gasteiger charge is 2.45. The number of aryl methyl sites for hydroxylation is 1. The van der Waals surface area contributed by atoms with E-state index in [2.05, 4.69) is 39.8 Å². The van der Waals surface area contributed by atoms with Gasteiger partial charge in [0.25, 0.3) is 5.91 Å². The van der Waals surface area contributed by atoms with Crippen molar-refractivity contribution in [2.75, 3.05) is 38.5 Å². The number of ether oxygens (including phenoxy) is 1. The van der Waals surface area contributed by atoms with Crippen molar-refractivity contribution in [3.63, 3.8) is 0 Å². The van der Waals surface area contributed by atoms with E-state index in [-0.39, 0.29) is 35.4 Å². The van der Waals surface area contributed by atoms with Crippen LogP contribution in [-0.2, 0) is 23.2 Å². The number of nitrogen functional groups attached to an aromatic ring is 1. The summed E-state index contributed by atoms with van der Waals surface area (Å²) in [7, 11) is 0.